The molecule has 144 valence electrons. The lowest BCUT2D eigenvalue weighted by Gasteiger charge is -2.13. The van der Waals surface area contributed by atoms with Gasteiger partial charge in [-0.05, 0) is 16.7 Å². The highest BCUT2D eigenvalue weighted by atomic mass is 19.1. The maximum absolute atomic E-state index is 14.9. The molecule has 0 unspecified atom stereocenters. The molecule has 1 aromatic heterocycles. The Labute approximate surface area is 168 Å². The van der Waals surface area contributed by atoms with Crippen molar-refractivity contribution in [1.82, 2.24) is 9.97 Å². The Balaban J connectivity index is 1.63. The fourth-order valence-electron chi connectivity index (χ4n) is 2.86. The van der Waals surface area contributed by atoms with Crippen LogP contribution in [0.2, 0.25) is 0 Å². The molecule has 5 heteroatoms. The first-order valence-corrected chi connectivity index (χ1v) is 9.26. The summed E-state index contributed by atoms with van der Waals surface area (Å²) < 4.78 is 26.4. The Morgan fingerprint density at radius 3 is 1.72 bits per heavy atom. The van der Waals surface area contributed by atoms with Gasteiger partial charge in [0.1, 0.15) is 13.2 Å². The maximum Gasteiger partial charge on any atom is 0.322 e. The second-order valence-electron chi connectivity index (χ2n) is 6.39. The van der Waals surface area contributed by atoms with E-state index >= 15 is 0 Å². The molecule has 0 aliphatic carbocycles. The van der Waals surface area contributed by atoms with E-state index in [2.05, 4.69) is 9.97 Å². The summed E-state index contributed by atoms with van der Waals surface area (Å²) in [5.41, 5.74) is 2.75. The lowest BCUT2D eigenvalue weighted by atomic mass is 10.1. The van der Waals surface area contributed by atoms with Gasteiger partial charge in [-0.15, -0.1) is 0 Å². The highest BCUT2D eigenvalue weighted by Crippen LogP contribution is 2.32. The fourth-order valence-corrected chi connectivity index (χ4v) is 2.86. The summed E-state index contributed by atoms with van der Waals surface area (Å²) in [7, 11) is 0. The largest absolute Gasteiger partial charge is 0.472 e. The van der Waals surface area contributed by atoms with E-state index < -0.39 is 5.95 Å². The molecular weight excluding hydrogens is 367 g/mol. The van der Waals surface area contributed by atoms with E-state index in [-0.39, 0.29) is 30.7 Å². The second-order valence-corrected chi connectivity index (χ2v) is 6.39. The Hall–Kier alpha value is -3.73. The topological polar surface area (TPSA) is 44.2 Å². The summed E-state index contributed by atoms with van der Waals surface area (Å²) in [5, 5.41) is 0. The highest BCUT2D eigenvalue weighted by Gasteiger charge is 2.19. The molecule has 4 nitrogen and oxygen atoms in total. The average Bonchev–Trinajstić information content (AvgIpc) is 2.78. The number of aromatic nitrogens is 2. The minimum atomic E-state index is -0.683. The van der Waals surface area contributed by atoms with Crippen LogP contribution in [-0.2, 0) is 13.2 Å². The zero-order chi connectivity index (χ0) is 19.9. The first-order chi connectivity index (χ1) is 14.3. The minimum Gasteiger partial charge on any atom is -0.472 e. The van der Waals surface area contributed by atoms with Crippen LogP contribution in [0.3, 0.4) is 0 Å². The van der Waals surface area contributed by atoms with Crippen LogP contribution in [0.1, 0.15) is 11.1 Å². The van der Waals surface area contributed by atoms with Crippen molar-refractivity contribution in [2.75, 3.05) is 0 Å². The quantitative estimate of drug-likeness (QED) is 0.397. The van der Waals surface area contributed by atoms with Gasteiger partial charge in [0, 0.05) is 0 Å². The monoisotopic (exact) mass is 386 g/mol. The Morgan fingerprint density at radius 2 is 1.14 bits per heavy atom. The summed E-state index contributed by atoms with van der Waals surface area (Å²) in [6.45, 7) is 0.498. The molecule has 0 bridgehead atoms. The fraction of sp³-hybridized carbons (Fsp3) is 0.0833. The summed E-state index contributed by atoms with van der Waals surface area (Å²) in [6.07, 6.45) is 0. The first-order valence-electron chi connectivity index (χ1n) is 9.26. The van der Waals surface area contributed by atoms with Crippen LogP contribution in [-0.4, -0.2) is 9.97 Å². The first kappa shape index (κ1) is 18.6. The number of rotatable bonds is 7. The van der Waals surface area contributed by atoms with E-state index in [1.165, 1.54) is 0 Å². The molecule has 0 radical (unpaired) electrons. The molecule has 1 heterocycles. The lowest BCUT2D eigenvalue weighted by molar-refractivity contribution is 0.253. The smallest absolute Gasteiger partial charge is 0.322 e. The molecule has 0 spiro atoms. The summed E-state index contributed by atoms with van der Waals surface area (Å²) >= 11 is 0. The predicted octanol–water partition coefficient (Wildman–Crippen LogP) is 5.44. The van der Waals surface area contributed by atoms with Crippen LogP contribution >= 0.6 is 0 Å². The minimum absolute atomic E-state index is 0.0610. The third kappa shape index (κ3) is 4.76. The molecule has 4 rings (SSSR count). The van der Waals surface area contributed by atoms with Gasteiger partial charge in [0.15, 0.2) is 0 Å². The van der Waals surface area contributed by atoms with Crippen molar-refractivity contribution in [2.45, 2.75) is 13.2 Å². The molecular formula is C24H19FN2O2. The van der Waals surface area contributed by atoms with Gasteiger partial charge in [-0.1, -0.05) is 91.0 Å². The van der Waals surface area contributed by atoms with Gasteiger partial charge < -0.3 is 9.47 Å². The van der Waals surface area contributed by atoms with Gasteiger partial charge in [-0.3, -0.25) is 0 Å². The SMILES string of the molecule is Fc1nc(OCc2ccccc2)nc(OCc2ccccc2)c1-c1ccccc1. The lowest BCUT2D eigenvalue weighted by Crippen LogP contribution is -2.06. The van der Waals surface area contributed by atoms with Crippen molar-refractivity contribution < 1.29 is 13.9 Å². The van der Waals surface area contributed by atoms with Crippen molar-refractivity contribution in [3.05, 3.63) is 108 Å². The molecule has 0 aliphatic heterocycles. The summed E-state index contributed by atoms with van der Waals surface area (Å²) in [4.78, 5) is 8.24. The normalized spacial score (nSPS) is 10.5. The summed E-state index contributed by atoms with van der Waals surface area (Å²) in [5.74, 6) is -0.534. The zero-order valence-electron chi connectivity index (χ0n) is 15.7. The summed E-state index contributed by atoms with van der Waals surface area (Å²) in [6, 6.07) is 28.3. The molecule has 0 aliphatic rings. The average molecular weight is 386 g/mol. The van der Waals surface area contributed by atoms with Crippen LogP contribution in [0.5, 0.6) is 11.9 Å². The molecule has 0 N–H and O–H groups in total. The van der Waals surface area contributed by atoms with Crippen LogP contribution in [0, 0.1) is 5.95 Å². The van der Waals surface area contributed by atoms with E-state index in [9.17, 15) is 4.39 Å². The molecule has 4 aromatic rings. The molecule has 0 atom stereocenters. The van der Waals surface area contributed by atoms with E-state index in [1.54, 1.807) is 12.1 Å². The number of hydrogen-bond donors (Lipinski definition) is 0. The standard InChI is InChI=1S/C24H19FN2O2/c25-22-21(20-14-8-3-9-15-20)23(28-16-18-10-4-1-5-11-18)27-24(26-22)29-17-19-12-6-2-7-13-19/h1-15H,16-17H2. The third-order valence-electron chi connectivity index (χ3n) is 4.30. The van der Waals surface area contributed by atoms with Gasteiger partial charge >= 0.3 is 6.01 Å². The molecule has 0 amide bonds. The maximum atomic E-state index is 14.9. The Bertz CT molecular complexity index is 1060. The van der Waals surface area contributed by atoms with E-state index in [1.807, 2.05) is 78.9 Å². The van der Waals surface area contributed by atoms with Crippen molar-refractivity contribution >= 4 is 0 Å². The van der Waals surface area contributed by atoms with Gasteiger partial charge in [0.25, 0.3) is 0 Å². The number of nitrogens with zero attached hydrogens (tertiary/aromatic N) is 2. The second kappa shape index (κ2) is 8.97. The molecule has 0 saturated heterocycles. The van der Waals surface area contributed by atoms with Crippen LogP contribution in [0.4, 0.5) is 4.39 Å². The van der Waals surface area contributed by atoms with Crippen LogP contribution < -0.4 is 9.47 Å². The Morgan fingerprint density at radius 1 is 0.621 bits per heavy atom. The highest BCUT2D eigenvalue weighted by molar-refractivity contribution is 5.68. The van der Waals surface area contributed by atoms with Gasteiger partial charge in [-0.25, -0.2) is 0 Å². The number of halogens is 1. The molecule has 0 fully saturated rings. The van der Waals surface area contributed by atoms with Crippen molar-refractivity contribution in [2.24, 2.45) is 0 Å². The van der Waals surface area contributed by atoms with Crippen LogP contribution in [0.25, 0.3) is 11.1 Å². The van der Waals surface area contributed by atoms with Crippen LogP contribution in [0.15, 0.2) is 91.0 Å². The van der Waals surface area contributed by atoms with E-state index in [0.717, 1.165) is 11.1 Å². The van der Waals surface area contributed by atoms with Crippen molar-refractivity contribution in [3.63, 3.8) is 0 Å². The molecule has 3 aromatic carbocycles. The van der Waals surface area contributed by atoms with E-state index in [4.69, 9.17) is 9.47 Å². The Kier molecular flexibility index (Phi) is 5.76. The molecule has 0 saturated carbocycles. The zero-order valence-corrected chi connectivity index (χ0v) is 15.7. The van der Waals surface area contributed by atoms with Gasteiger partial charge in [-0.2, -0.15) is 14.4 Å². The van der Waals surface area contributed by atoms with Gasteiger partial charge in [0.05, 0.1) is 5.56 Å². The number of hydrogen-bond acceptors (Lipinski definition) is 4. The molecule has 29 heavy (non-hydrogen) atoms. The van der Waals surface area contributed by atoms with Crippen molar-refractivity contribution in [1.29, 1.82) is 0 Å². The number of ether oxygens (including phenoxy) is 2. The number of benzene rings is 3. The third-order valence-corrected chi connectivity index (χ3v) is 4.30. The van der Waals surface area contributed by atoms with Gasteiger partial charge in [0.2, 0.25) is 11.8 Å². The van der Waals surface area contributed by atoms with E-state index in [0.29, 0.717) is 5.56 Å². The van der Waals surface area contributed by atoms with Crippen molar-refractivity contribution in [3.8, 4) is 23.0 Å². The predicted molar refractivity (Wildman–Crippen MR) is 109 cm³/mol.